The smallest absolute Gasteiger partial charge is 0.257 e. The summed E-state index contributed by atoms with van der Waals surface area (Å²) in [6, 6.07) is 12.2. The summed E-state index contributed by atoms with van der Waals surface area (Å²) in [6.45, 7) is 7.41. The van der Waals surface area contributed by atoms with E-state index in [1.54, 1.807) is 12.1 Å². The van der Waals surface area contributed by atoms with Gasteiger partial charge >= 0.3 is 0 Å². The van der Waals surface area contributed by atoms with Crippen LogP contribution in [-0.2, 0) is 11.3 Å². The number of nitrogens with one attached hydrogen (secondary N) is 3. The van der Waals surface area contributed by atoms with Gasteiger partial charge in [0, 0.05) is 13.1 Å². The van der Waals surface area contributed by atoms with E-state index in [0.717, 1.165) is 11.1 Å². The lowest BCUT2D eigenvalue weighted by atomic mass is 10.1. The SMILES string of the molecule is CCNC(=O)COc1cccc(CN=C(NCC)NC(C)c2ccc(OC)c(F)c2)c1.I. The Hall–Kier alpha value is -2.56. The summed E-state index contributed by atoms with van der Waals surface area (Å²) in [5, 5.41) is 9.17. The number of amides is 1. The predicted octanol–water partition coefficient (Wildman–Crippen LogP) is 3.78. The van der Waals surface area contributed by atoms with Crippen LogP contribution in [0.3, 0.4) is 0 Å². The Kier molecular flexibility index (Phi) is 12.4. The number of likely N-dealkylation sites (N-methyl/N-ethyl adjacent to an activating group) is 1. The molecule has 0 aliphatic carbocycles. The van der Waals surface area contributed by atoms with Crippen molar-refractivity contribution >= 4 is 35.8 Å². The molecular formula is C23H32FIN4O3. The fourth-order valence-electron chi connectivity index (χ4n) is 2.86. The van der Waals surface area contributed by atoms with Gasteiger partial charge in [-0.3, -0.25) is 4.79 Å². The Morgan fingerprint density at radius 3 is 2.53 bits per heavy atom. The highest BCUT2D eigenvalue weighted by Crippen LogP contribution is 2.21. The standard InChI is InChI=1S/C23H31FN4O3.HI/c1-5-25-22(29)15-31-19-9-7-8-17(12-19)14-27-23(26-6-2)28-16(3)18-10-11-21(30-4)20(24)13-18;/h7-13,16H,5-6,14-15H2,1-4H3,(H,25,29)(H2,26,27,28);1H. The number of rotatable bonds is 10. The molecule has 0 aromatic heterocycles. The molecule has 0 aliphatic heterocycles. The molecule has 1 unspecified atom stereocenters. The molecule has 0 fully saturated rings. The number of carbonyl (C=O) groups is 1. The summed E-state index contributed by atoms with van der Waals surface area (Å²) in [4.78, 5) is 16.2. The van der Waals surface area contributed by atoms with Crippen molar-refractivity contribution in [2.45, 2.75) is 33.4 Å². The van der Waals surface area contributed by atoms with Crippen LogP contribution in [0.25, 0.3) is 0 Å². The average molecular weight is 558 g/mol. The van der Waals surface area contributed by atoms with Crippen LogP contribution < -0.4 is 25.4 Å². The minimum absolute atomic E-state index is 0. The van der Waals surface area contributed by atoms with Crippen molar-refractivity contribution in [2.24, 2.45) is 4.99 Å². The van der Waals surface area contributed by atoms with E-state index in [1.807, 2.05) is 45.0 Å². The zero-order chi connectivity index (χ0) is 22.6. The maximum Gasteiger partial charge on any atom is 0.257 e. The number of carbonyl (C=O) groups excluding carboxylic acids is 1. The summed E-state index contributed by atoms with van der Waals surface area (Å²) in [5.41, 5.74) is 1.72. The first kappa shape index (κ1) is 27.5. The Morgan fingerprint density at radius 1 is 1.12 bits per heavy atom. The highest BCUT2D eigenvalue weighted by molar-refractivity contribution is 14.0. The van der Waals surface area contributed by atoms with Gasteiger partial charge in [-0.25, -0.2) is 9.38 Å². The van der Waals surface area contributed by atoms with Gasteiger partial charge in [0.05, 0.1) is 19.7 Å². The van der Waals surface area contributed by atoms with E-state index in [4.69, 9.17) is 9.47 Å². The molecule has 0 bridgehead atoms. The lowest BCUT2D eigenvalue weighted by Gasteiger charge is -2.19. The van der Waals surface area contributed by atoms with Crippen molar-refractivity contribution < 1.29 is 18.7 Å². The number of halogens is 2. The molecule has 3 N–H and O–H groups in total. The Bertz CT molecular complexity index is 895. The first-order chi connectivity index (χ1) is 15.0. The van der Waals surface area contributed by atoms with Gasteiger partial charge < -0.3 is 25.4 Å². The third-order valence-electron chi connectivity index (χ3n) is 4.44. The fourth-order valence-corrected chi connectivity index (χ4v) is 2.86. The van der Waals surface area contributed by atoms with Gasteiger partial charge in [0.1, 0.15) is 5.75 Å². The molecule has 9 heteroatoms. The first-order valence-electron chi connectivity index (χ1n) is 10.3. The highest BCUT2D eigenvalue weighted by atomic mass is 127. The van der Waals surface area contributed by atoms with Gasteiger partial charge in [-0.1, -0.05) is 18.2 Å². The number of hydrogen-bond acceptors (Lipinski definition) is 4. The molecule has 2 aromatic carbocycles. The number of benzene rings is 2. The van der Waals surface area contributed by atoms with E-state index in [-0.39, 0.29) is 48.3 Å². The fraction of sp³-hybridized carbons (Fsp3) is 0.391. The second-order valence-electron chi connectivity index (χ2n) is 6.84. The minimum Gasteiger partial charge on any atom is -0.494 e. The van der Waals surface area contributed by atoms with Gasteiger partial charge in [-0.2, -0.15) is 0 Å². The van der Waals surface area contributed by atoms with E-state index in [9.17, 15) is 9.18 Å². The van der Waals surface area contributed by atoms with Crippen molar-refractivity contribution in [3.63, 3.8) is 0 Å². The second kappa shape index (κ2) is 14.5. The number of guanidine groups is 1. The van der Waals surface area contributed by atoms with Crippen LogP contribution in [0.2, 0.25) is 0 Å². The van der Waals surface area contributed by atoms with Crippen LogP contribution >= 0.6 is 24.0 Å². The number of hydrogen-bond donors (Lipinski definition) is 3. The van der Waals surface area contributed by atoms with E-state index < -0.39 is 5.82 Å². The topological polar surface area (TPSA) is 84.0 Å². The van der Waals surface area contributed by atoms with Gasteiger partial charge in [0.2, 0.25) is 0 Å². The van der Waals surface area contributed by atoms with Crippen molar-refractivity contribution in [3.05, 3.63) is 59.4 Å². The number of ether oxygens (including phenoxy) is 2. The van der Waals surface area contributed by atoms with E-state index >= 15 is 0 Å². The van der Waals surface area contributed by atoms with Crippen molar-refractivity contribution in [1.29, 1.82) is 0 Å². The molecule has 0 saturated heterocycles. The van der Waals surface area contributed by atoms with E-state index in [1.165, 1.54) is 13.2 Å². The number of aliphatic imine (C=N–C) groups is 1. The Balaban J connectivity index is 0.00000512. The van der Waals surface area contributed by atoms with Gasteiger partial charge in [-0.05, 0) is 56.2 Å². The second-order valence-corrected chi connectivity index (χ2v) is 6.84. The summed E-state index contributed by atoms with van der Waals surface area (Å²) >= 11 is 0. The Labute approximate surface area is 206 Å². The number of nitrogens with zero attached hydrogens (tertiary/aromatic N) is 1. The van der Waals surface area contributed by atoms with Crippen molar-refractivity contribution in [1.82, 2.24) is 16.0 Å². The molecule has 176 valence electrons. The molecular weight excluding hydrogens is 526 g/mol. The third-order valence-corrected chi connectivity index (χ3v) is 4.44. The largest absolute Gasteiger partial charge is 0.494 e. The minimum atomic E-state index is -0.403. The molecule has 2 aromatic rings. The summed E-state index contributed by atoms with van der Waals surface area (Å²) in [7, 11) is 1.44. The monoisotopic (exact) mass is 558 g/mol. The van der Waals surface area contributed by atoms with Crippen LogP contribution in [-0.4, -0.2) is 38.7 Å². The zero-order valence-electron chi connectivity index (χ0n) is 18.9. The molecule has 0 spiro atoms. The molecule has 1 atom stereocenters. The molecule has 1 amide bonds. The lowest BCUT2D eigenvalue weighted by Crippen LogP contribution is -2.38. The number of methoxy groups -OCH3 is 1. The molecule has 2 rings (SSSR count). The third kappa shape index (κ3) is 8.89. The van der Waals surface area contributed by atoms with Gasteiger partial charge in [-0.15, -0.1) is 24.0 Å². The normalized spacial score (nSPS) is 11.7. The summed E-state index contributed by atoms with van der Waals surface area (Å²) < 4.78 is 24.5. The Morgan fingerprint density at radius 2 is 1.88 bits per heavy atom. The van der Waals surface area contributed by atoms with Crippen LogP contribution in [0.1, 0.15) is 37.9 Å². The molecule has 32 heavy (non-hydrogen) atoms. The van der Waals surface area contributed by atoms with Gasteiger partial charge in [0.25, 0.3) is 5.91 Å². The summed E-state index contributed by atoms with van der Waals surface area (Å²) in [5.74, 6) is 0.873. The maximum absolute atomic E-state index is 14.0. The van der Waals surface area contributed by atoms with Crippen LogP contribution in [0.4, 0.5) is 4.39 Å². The predicted molar refractivity (Wildman–Crippen MR) is 135 cm³/mol. The van der Waals surface area contributed by atoms with Gasteiger partial charge in [0.15, 0.2) is 24.1 Å². The molecule has 0 radical (unpaired) electrons. The average Bonchev–Trinajstić information content (AvgIpc) is 2.76. The molecule has 0 saturated carbocycles. The van der Waals surface area contributed by atoms with Crippen LogP contribution in [0, 0.1) is 5.82 Å². The van der Waals surface area contributed by atoms with Crippen LogP contribution in [0.5, 0.6) is 11.5 Å². The molecule has 0 aliphatic rings. The quantitative estimate of drug-likeness (QED) is 0.235. The lowest BCUT2D eigenvalue weighted by molar-refractivity contribution is -0.122. The van der Waals surface area contributed by atoms with Crippen molar-refractivity contribution in [2.75, 3.05) is 26.8 Å². The molecule has 7 nitrogen and oxygen atoms in total. The van der Waals surface area contributed by atoms with Crippen molar-refractivity contribution in [3.8, 4) is 11.5 Å². The van der Waals surface area contributed by atoms with E-state index in [2.05, 4.69) is 20.9 Å². The molecule has 0 heterocycles. The highest BCUT2D eigenvalue weighted by Gasteiger charge is 2.11. The zero-order valence-corrected chi connectivity index (χ0v) is 21.2. The van der Waals surface area contributed by atoms with Crippen LogP contribution in [0.15, 0.2) is 47.5 Å². The maximum atomic E-state index is 14.0. The van der Waals surface area contributed by atoms with E-state index in [0.29, 0.717) is 31.3 Å². The first-order valence-corrected chi connectivity index (χ1v) is 10.3. The summed E-state index contributed by atoms with van der Waals surface area (Å²) in [6.07, 6.45) is 0.